The quantitative estimate of drug-likeness (QED) is 0.0198. The number of rotatable bonds is 24. The zero-order chi connectivity index (χ0) is 80.0. The van der Waals surface area contributed by atoms with E-state index in [0.717, 1.165) is 22.4 Å². The lowest BCUT2D eigenvalue weighted by atomic mass is 10.0. The van der Waals surface area contributed by atoms with Crippen LogP contribution in [0.25, 0.3) is 0 Å². The Balaban J connectivity index is 0.000000334. The van der Waals surface area contributed by atoms with E-state index in [1.807, 2.05) is 216 Å². The Hall–Kier alpha value is -10.5. The van der Waals surface area contributed by atoms with Gasteiger partial charge in [0.25, 0.3) is 0 Å². The summed E-state index contributed by atoms with van der Waals surface area (Å²) in [6.45, 7) is 27.1. The minimum Gasteiger partial charge on any atom is -0.374 e. The standard InChI is InChI=1S/C15H20N2O2.C14H19F3N2O.C14H18N2O2.C13H18N2O2.C13H18N2OS.C12H16N2O2/c1-11(2)17-14(19)15(8-9-15)13(18)16-10-12-6-4-3-5-7-12;1-13(2,3)19-12(20)9-11(14(15,16)17)18-10-7-5-4-6-8-10;1-10(2)15-12(17)14(8-9-14)13(18)16-11-6-4-3-5-7-11;1-10(2)15-13(17)8-12(16)14-9-11-6-4-3-5-7-11;1-13(2,3)15-12(17)14-11(16)9-10-7-5-4-6-8-10;1-9(2)13-11(15)8-12(16)14-10-6-4-3-5-7-10/h3-7,11H,8-10H2,1-2H3,(H,16,18)(H,17,19);4-8,11,18H,9H2,1-3H3,(H,19,20);3-7,10H,8-9H2,1-2H3,(H,15,17)(H,16,18);3-7,10H,8-9H2,1-2H3,(H,14,16)(H,15,17);4-8H,9H2,1-3H3,(H2,14,15,16,17);3-7,9H,8H2,1-2H3,(H,13,15)(H,14,16). The molecule has 2 saturated carbocycles. The first-order valence-electron chi connectivity index (χ1n) is 35.6. The van der Waals surface area contributed by atoms with Crippen molar-refractivity contribution in [2.24, 2.45) is 10.8 Å². The highest BCUT2D eigenvalue weighted by atomic mass is 32.1. The Morgan fingerprint density at radius 1 is 0.383 bits per heavy atom. The van der Waals surface area contributed by atoms with Gasteiger partial charge in [-0.05, 0) is 188 Å². The summed E-state index contributed by atoms with van der Waals surface area (Å²) in [4.78, 5) is 117. The largest absolute Gasteiger partial charge is 0.409 e. The predicted octanol–water partition coefficient (Wildman–Crippen LogP) is 11.6. The summed E-state index contributed by atoms with van der Waals surface area (Å²) in [6.07, 6.45) is -2.53. The van der Waals surface area contributed by atoms with Crippen molar-refractivity contribution in [3.05, 3.63) is 199 Å². The molecule has 6 aromatic carbocycles. The lowest BCUT2D eigenvalue weighted by molar-refractivity contribution is -0.150. The van der Waals surface area contributed by atoms with E-state index >= 15 is 0 Å². The van der Waals surface area contributed by atoms with Crippen LogP contribution in [0.5, 0.6) is 0 Å². The molecule has 0 aromatic heterocycles. The Kier molecular flexibility index (Phi) is 38.2. The number of benzene rings is 6. The van der Waals surface area contributed by atoms with E-state index in [2.05, 4.69) is 63.8 Å². The van der Waals surface area contributed by atoms with Gasteiger partial charge in [0.15, 0.2) is 5.11 Å². The van der Waals surface area contributed by atoms with Crippen LogP contribution >= 0.6 is 12.2 Å². The van der Waals surface area contributed by atoms with Gasteiger partial charge in [0.2, 0.25) is 59.1 Å². The van der Waals surface area contributed by atoms with Gasteiger partial charge >= 0.3 is 6.18 Å². The number of nitrogens with one attached hydrogen (secondary N) is 12. The second-order valence-corrected chi connectivity index (χ2v) is 29.3. The predicted molar refractivity (Wildman–Crippen MR) is 419 cm³/mol. The van der Waals surface area contributed by atoms with Gasteiger partial charge in [0, 0.05) is 65.4 Å². The number of para-hydroxylation sites is 3. The topological polar surface area (TPSA) is 315 Å². The van der Waals surface area contributed by atoms with E-state index in [4.69, 9.17) is 12.2 Å². The van der Waals surface area contributed by atoms with Crippen molar-refractivity contribution < 1.29 is 61.1 Å². The molecule has 1 atom stereocenters. The van der Waals surface area contributed by atoms with E-state index in [-0.39, 0.29) is 95.7 Å². The number of thiocarbonyl (C=S) groups is 1. The third kappa shape index (κ3) is 39.4. The Labute approximate surface area is 633 Å². The van der Waals surface area contributed by atoms with Gasteiger partial charge in [0.05, 0.1) is 12.8 Å². The highest BCUT2D eigenvalue weighted by molar-refractivity contribution is 7.80. The molecule has 1 unspecified atom stereocenters. The van der Waals surface area contributed by atoms with Crippen LogP contribution in [0.2, 0.25) is 0 Å². The molecule has 0 bridgehead atoms. The molecule has 10 amide bonds. The Morgan fingerprint density at radius 2 is 0.729 bits per heavy atom. The van der Waals surface area contributed by atoms with Gasteiger partial charge < -0.3 is 63.8 Å². The molecule has 580 valence electrons. The van der Waals surface area contributed by atoms with E-state index in [1.54, 1.807) is 51.1 Å². The second-order valence-electron chi connectivity index (χ2n) is 28.9. The molecule has 0 aliphatic heterocycles. The number of halogens is 3. The molecular weight excluding hydrogens is 1390 g/mol. The molecular formula is C81H109F3N12O10S. The first-order valence-corrected chi connectivity index (χ1v) is 36.0. The summed E-state index contributed by atoms with van der Waals surface area (Å²) >= 11 is 5.05. The van der Waals surface area contributed by atoms with Crippen molar-refractivity contribution >= 4 is 93.5 Å². The van der Waals surface area contributed by atoms with E-state index in [0.29, 0.717) is 61.7 Å². The van der Waals surface area contributed by atoms with Gasteiger partial charge in [-0.15, -0.1) is 0 Å². The van der Waals surface area contributed by atoms with Crippen molar-refractivity contribution in [1.29, 1.82) is 0 Å². The molecule has 0 saturated heterocycles. The Morgan fingerprint density at radius 3 is 1.10 bits per heavy atom. The van der Waals surface area contributed by atoms with E-state index in [1.165, 1.54) is 12.1 Å². The average Bonchev–Trinajstić information content (AvgIpc) is 1.62. The lowest BCUT2D eigenvalue weighted by Gasteiger charge is -2.25. The van der Waals surface area contributed by atoms with Crippen LogP contribution in [-0.4, -0.2) is 112 Å². The fraction of sp³-hybridized carbons (Fsp3) is 0.420. The molecule has 26 heteroatoms. The van der Waals surface area contributed by atoms with Gasteiger partial charge in [-0.2, -0.15) is 13.2 Å². The zero-order valence-corrected chi connectivity index (χ0v) is 64.7. The maximum atomic E-state index is 13.0. The molecule has 0 spiro atoms. The summed E-state index contributed by atoms with van der Waals surface area (Å²) in [5.74, 6) is -2.47. The SMILES string of the molecule is CC(C)(C)NC(=O)CC(Nc1ccccc1)C(F)(F)F.CC(C)(C)NC(=S)NC(=O)Cc1ccccc1.CC(C)NC(=O)C1(C(=O)NCc2ccccc2)CC1.CC(C)NC(=O)C1(C(=O)Nc2ccccc2)CC1.CC(C)NC(=O)CC(=O)NCc1ccccc1.CC(C)NC(=O)CC(=O)Nc1ccccc1. The molecule has 8 rings (SSSR count). The van der Waals surface area contributed by atoms with Gasteiger partial charge in [-0.1, -0.05) is 146 Å². The second kappa shape index (κ2) is 45.1. The number of anilines is 3. The molecule has 0 heterocycles. The van der Waals surface area contributed by atoms with Crippen molar-refractivity contribution in [1.82, 2.24) is 47.9 Å². The monoisotopic (exact) mass is 1500 g/mol. The molecule has 0 radical (unpaired) electrons. The summed E-state index contributed by atoms with van der Waals surface area (Å²) in [7, 11) is 0. The third-order valence-electron chi connectivity index (χ3n) is 14.7. The fourth-order valence-electron chi connectivity index (χ4n) is 9.47. The van der Waals surface area contributed by atoms with Crippen LogP contribution in [-0.2, 0) is 67.5 Å². The summed E-state index contributed by atoms with van der Waals surface area (Å²) in [5, 5.41) is 32.9. The van der Waals surface area contributed by atoms with Crippen molar-refractivity contribution in [3.63, 3.8) is 0 Å². The number of alkyl halides is 3. The number of carbonyl (C=O) groups excluding carboxylic acids is 10. The number of hydrogen-bond acceptors (Lipinski definition) is 12. The van der Waals surface area contributed by atoms with E-state index in [9.17, 15) is 61.1 Å². The molecule has 2 fully saturated rings. The summed E-state index contributed by atoms with van der Waals surface area (Å²) in [6, 6.07) is 53.5. The van der Waals surface area contributed by atoms with Crippen LogP contribution in [0.3, 0.4) is 0 Å². The van der Waals surface area contributed by atoms with Crippen LogP contribution in [0.4, 0.5) is 30.2 Å². The molecule has 2 aliphatic rings. The maximum absolute atomic E-state index is 13.0. The molecule has 12 N–H and O–H groups in total. The normalized spacial score (nSPS) is 12.9. The fourth-order valence-corrected chi connectivity index (χ4v) is 9.89. The number of hydrogen-bond donors (Lipinski definition) is 12. The summed E-state index contributed by atoms with van der Waals surface area (Å²) < 4.78 is 38.9. The first kappa shape index (κ1) is 90.7. The smallest absolute Gasteiger partial charge is 0.374 e. The van der Waals surface area contributed by atoms with Gasteiger partial charge in [-0.25, -0.2) is 0 Å². The number of amides is 10. The van der Waals surface area contributed by atoms with Gasteiger partial charge in [-0.3, -0.25) is 47.9 Å². The van der Waals surface area contributed by atoms with Crippen LogP contribution in [0.1, 0.15) is 159 Å². The van der Waals surface area contributed by atoms with Gasteiger partial charge in [0.1, 0.15) is 29.7 Å². The zero-order valence-electron chi connectivity index (χ0n) is 63.9. The molecule has 22 nitrogen and oxygen atoms in total. The maximum Gasteiger partial charge on any atom is 0.409 e. The molecule has 2 aliphatic carbocycles. The highest BCUT2D eigenvalue weighted by Crippen LogP contribution is 2.47. The van der Waals surface area contributed by atoms with E-state index < -0.39 is 40.9 Å². The number of carbonyl (C=O) groups is 10. The lowest BCUT2D eigenvalue weighted by Crippen LogP contribution is -2.48. The molecule has 6 aromatic rings. The minimum absolute atomic E-state index is 0.0528. The van der Waals surface area contributed by atoms with Crippen molar-refractivity contribution in [2.75, 3.05) is 16.0 Å². The van der Waals surface area contributed by atoms with Crippen LogP contribution in [0.15, 0.2) is 182 Å². The Bertz CT molecular complexity index is 3760. The summed E-state index contributed by atoms with van der Waals surface area (Å²) in [5.41, 5.74) is 2.43. The highest BCUT2D eigenvalue weighted by Gasteiger charge is 2.57. The van der Waals surface area contributed by atoms with Crippen molar-refractivity contribution in [2.45, 2.75) is 209 Å². The minimum atomic E-state index is -4.49. The average molecular weight is 1500 g/mol. The van der Waals surface area contributed by atoms with Crippen molar-refractivity contribution in [3.8, 4) is 0 Å². The van der Waals surface area contributed by atoms with Crippen LogP contribution < -0.4 is 63.8 Å². The molecule has 107 heavy (non-hydrogen) atoms. The third-order valence-corrected chi connectivity index (χ3v) is 14.9. The first-order chi connectivity index (χ1) is 50.2. The van der Waals surface area contributed by atoms with Crippen LogP contribution in [0, 0.1) is 10.8 Å².